The van der Waals surface area contributed by atoms with E-state index >= 15 is 0 Å². The molecule has 2 aromatic rings. The maximum atomic E-state index is 12.2. The summed E-state index contributed by atoms with van der Waals surface area (Å²) < 4.78 is 0. The molecule has 0 aliphatic carbocycles. The number of hydrogen-bond acceptors (Lipinski definition) is 2. The van der Waals surface area contributed by atoms with E-state index in [9.17, 15) is 4.79 Å². The van der Waals surface area contributed by atoms with Crippen molar-refractivity contribution >= 4 is 40.9 Å². The van der Waals surface area contributed by atoms with Gasteiger partial charge in [-0.2, -0.15) is 0 Å². The number of aryl methyl sites for hydroxylation is 1. The molecule has 0 spiro atoms. The minimum Gasteiger partial charge on any atom is -0.305 e. The van der Waals surface area contributed by atoms with Gasteiger partial charge in [0.25, 0.3) is 0 Å². The topological polar surface area (TPSA) is 32.3 Å². The third kappa shape index (κ3) is 3.44. The van der Waals surface area contributed by atoms with Gasteiger partial charge in [-0.05, 0) is 41.8 Å². The lowest BCUT2D eigenvalue weighted by atomic mass is 10.1. The van der Waals surface area contributed by atoms with Crippen LogP contribution >= 0.6 is 23.8 Å². The second kappa shape index (κ2) is 6.52. The van der Waals surface area contributed by atoms with Crippen molar-refractivity contribution in [3.63, 3.8) is 0 Å². The lowest BCUT2D eigenvalue weighted by Gasteiger charge is -2.14. The highest BCUT2D eigenvalue weighted by atomic mass is 35.5. The maximum absolute atomic E-state index is 12.2. The van der Waals surface area contributed by atoms with Gasteiger partial charge in [0.05, 0.1) is 12.2 Å². The monoisotopic (exact) mass is 342 g/mol. The van der Waals surface area contributed by atoms with E-state index in [-0.39, 0.29) is 6.03 Å². The molecule has 2 amide bonds. The summed E-state index contributed by atoms with van der Waals surface area (Å²) in [6, 6.07) is 15.2. The number of carbonyl (C=O) groups excluding carboxylic acids is 1. The van der Waals surface area contributed by atoms with E-state index in [1.807, 2.05) is 49.4 Å². The zero-order chi connectivity index (χ0) is 16.4. The van der Waals surface area contributed by atoms with Crippen LogP contribution < -0.4 is 5.32 Å². The molecule has 1 heterocycles. The summed E-state index contributed by atoms with van der Waals surface area (Å²) in [5, 5.41) is 3.51. The highest BCUT2D eigenvalue weighted by Crippen LogP contribution is 2.20. The number of rotatable bonds is 3. The number of halogens is 1. The van der Waals surface area contributed by atoms with Gasteiger partial charge in [0, 0.05) is 5.02 Å². The number of amides is 2. The third-order valence-electron chi connectivity index (χ3n) is 3.70. The average molecular weight is 343 g/mol. The molecule has 1 aliphatic heterocycles. The molecule has 0 saturated carbocycles. The van der Waals surface area contributed by atoms with Crippen molar-refractivity contribution in [2.45, 2.75) is 13.5 Å². The second-order valence-corrected chi connectivity index (χ2v) is 6.19. The molecule has 23 heavy (non-hydrogen) atoms. The highest BCUT2D eigenvalue weighted by molar-refractivity contribution is 7.80. The van der Waals surface area contributed by atoms with E-state index in [1.54, 1.807) is 17.0 Å². The van der Waals surface area contributed by atoms with Gasteiger partial charge in [0.1, 0.15) is 4.99 Å². The first kappa shape index (κ1) is 15.7. The first-order chi connectivity index (χ1) is 11.0. The normalized spacial score (nSPS) is 16.1. The Bertz CT molecular complexity index is 799. The first-order valence-corrected chi connectivity index (χ1v) is 7.98. The first-order valence-electron chi connectivity index (χ1n) is 7.19. The Kier molecular flexibility index (Phi) is 4.46. The zero-order valence-corrected chi connectivity index (χ0v) is 14.1. The van der Waals surface area contributed by atoms with Crippen LogP contribution in [0.25, 0.3) is 6.08 Å². The van der Waals surface area contributed by atoms with E-state index in [0.717, 1.165) is 16.7 Å². The fourth-order valence-electron chi connectivity index (χ4n) is 2.39. The highest BCUT2D eigenvalue weighted by Gasteiger charge is 2.30. The van der Waals surface area contributed by atoms with Gasteiger partial charge >= 0.3 is 6.03 Å². The zero-order valence-electron chi connectivity index (χ0n) is 12.5. The lowest BCUT2D eigenvalue weighted by molar-refractivity contribution is 0.228. The average Bonchev–Trinajstić information content (AvgIpc) is 2.79. The van der Waals surface area contributed by atoms with Crippen molar-refractivity contribution < 1.29 is 4.79 Å². The molecule has 116 valence electrons. The predicted octanol–water partition coefficient (Wildman–Crippen LogP) is 4.54. The smallest absolute Gasteiger partial charge is 0.305 e. The van der Waals surface area contributed by atoms with Crippen LogP contribution in [-0.2, 0) is 6.54 Å². The van der Waals surface area contributed by atoms with Gasteiger partial charge in [-0.3, -0.25) is 4.90 Å². The van der Waals surface area contributed by atoms with Crippen LogP contribution in [-0.4, -0.2) is 15.9 Å². The van der Waals surface area contributed by atoms with Crippen LogP contribution in [0.3, 0.4) is 0 Å². The molecule has 3 nitrogen and oxygen atoms in total. The molecule has 0 unspecified atom stereocenters. The summed E-state index contributed by atoms with van der Waals surface area (Å²) in [5.74, 6) is 0. The molecule has 1 aliphatic rings. The van der Waals surface area contributed by atoms with E-state index < -0.39 is 0 Å². The number of carbonyl (C=O) groups is 1. The molecule has 0 bridgehead atoms. The van der Waals surface area contributed by atoms with Crippen molar-refractivity contribution in [3.05, 3.63) is 75.9 Å². The third-order valence-corrected chi connectivity index (χ3v) is 4.40. The molecule has 0 aromatic heterocycles. The van der Waals surface area contributed by atoms with Crippen molar-refractivity contribution in [1.29, 1.82) is 0 Å². The number of thiocarbonyl (C=S) groups is 1. The molecule has 1 fully saturated rings. The van der Waals surface area contributed by atoms with E-state index in [4.69, 9.17) is 23.8 Å². The molecule has 5 heteroatoms. The molecule has 0 atom stereocenters. The number of nitrogens with zero attached hydrogens (tertiary/aromatic N) is 1. The van der Waals surface area contributed by atoms with Crippen molar-refractivity contribution in [2.24, 2.45) is 0 Å². The summed E-state index contributed by atoms with van der Waals surface area (Å²) in [6.07, 6.45) is 1.91. The van der Waals surface area contributed by atoms with Crippen LogP contribution in [0.2, 0.25) is 5.02 Å². The molecular weight excluding hydrogens is 328 g/mol. The Morgan fingerprint density at radius 2 is 1.87 bits per heavy atom. The van der Waals surface area contributed by atoms with E-state index in [2.05, 4.69) is 5.32 Å². The van der Waals surface area contributed by atoms with Gasteiger partial charge in [-0.25, -0.2) is 4.79 Å². The standard InChI is InChI=1S/C18H15ClN2OS/c1-12-4-2-3-5-14(12)10-16-17(23)21(18(22)20-16)11-13-6-8-15(19)9-7-13/h2-10H,11H2,1H3,(H,20,22)/b16-10+. The van der Waals surface area contributed by atoms with Gasteiger partial charge in [0.2, 0.25) is 0 Å². The number of hydrogen-bond donors (Lipinski definition) is 1. The number of benzene rings is 2. The van der Waals surface area contributed by atoms with Crippen LogP contribution in [0.15, 0.2) is 54.2 Å². The SMILES string of the molecule is Cc1ccccc1/C=C1/NC(=O)N(Cc2ccc(Cl)cc2)C1=S. The molecular formula is C18H15ClN2OS. The van der Waals surface area contributed by atoms with Crippen molar-refractivity contribution in [2.75, 3.05) is 0 Å². The minimum atomic E-state index is -0.204. The van der Waals surface area contributed by atoms with Gasteiger partial charge in [-0.1, -0.05) is 60.2 Å². The number of urea groups is 1. The van der Waals surface area contributed by atoms with Crippen molar-refractivity contribution in [1.82, 2.24) is 10.2 Å². The van der Waals surface area contributed by atoms with Gasteiger partial charge in [0.15, 0.2) is 0 Å². The fourth-order valence-corrected chi connectivity index (χ4v) is 2.78. The summed E-state index contributed by atoms with van der Waals surface area (Å²) in [7, 11) is 0. The minimum absolute atomic E-state index is 0.204. The fraction of sp³-hybridized carbons (Fsp3) is 0.111. The van der Waals surface area contributed by atoms with Crippen molar-refractivity contribution in [3.8, 4) is 0 Å². The van der Waals surface area contributed by atoms with E-state index in [0.29, 0.717) is 22.3 Å². The summed E-state index contributed by atoms with van der Waals surface area (Å²) in [6.45, 7) is 2.45. The van der Waals surface area contributed by atoms with E-state index in [1.165, 1.54) is 0 Å². The Hall–Kier alpha value is -2.17. The second-order valence-electron chi connectivity index (χ2n) is 5.36. The summed E-state index contributed by atoms with van der Waals surface area (Å²) >= 11 is 11.3. The van der Waals surface area contributed by atoms with Gasteiger partial charge < -0.3 is 5.32 Å². The molecule has 3 rings (SSSR count). The van der Waals surface area contributed by atoms with Crippen LogP contribution in [0.5, 0.6) is 0 Å². The molecule has 2 aromatic carbocycles. The maximum Gasteiger partial charge on any atom is 0.327 e. The van der Waals surface area contributed by atoms with Gasteiger partial charge in [-0.15, -0.1) is 0 Å². The summed E-state index contributed by atoms with van der Waals surface area (Å²) in [5.41, 5.74) is 3.81. The summed E-state index contributed by atoms with van der Waals surface area (Å²) in [4.78, 5) is 14.3. The Morgan fingerprint density at radius 3 is 2.57 bits per heavy atom. The van der Waals surface area contributed by atoms with Crippen LogP contribution in [0.4, 0.5) is 4.79 Å². The molecule has 1 saturated heterocycles. The number of nitrogens with one attached hydrogen (secondary N) is 1. The Balaban J connectivity index is 1.82. The molecule has 0 radical (unpaired) electrons. The quantitative estimate of drug-likeness (QED) is 0.656. The largest absolute Gasteiger partial charge is 0.327 e. The van der Waals surface area contributed by atoms with Crippen LogP contribution in [0, 0.1) is 6.92 Å². The predicted molar refractivity (Wildman–Crippen MR) is 97.3 cm³/mol. The Labute approximate surface area is 145 Å². The molecule has 1 N–H and O–H groups in total. The van der Waals surface area contributed by atoms with Crippen LogP contribution in [0.1, 0.15) is 16.7 Å². The lowest BCUT2D eigenvalue weighted by Crippen LogP contribution is -2.29. The Morgan fingerprint density at radius 1 is 1.17 bits per heavy atom.